The van der Waals surface area contributed by atoms with Gasteiger partial charge in [-0.15, -0.1) is 0 Å². The van der Waals surface area contributed by atoms with Crippen LogP contribution >= 0.6 is 0 Å². The fourth-order valence-corrected chi connectivity index (χ4v) is 1.78. The fourth-order valence-electron chi connectivity index (χ4n) is 1.78. The van der Waals surface area contributed by atoms with Gasteiger partial charge in [-0.1, -0.05) is 6.07 Å². The zero-order valence-corrected chi connectivity index (χ0v) is 10.2. The number of nitrogens with zero attached hydrogens (tertiary/aromatic N) is 1. The first kappa shape index (κ1) is 12.5. The van der Waals surface area contributed by atoms with Crippen LogP contribution in [0.15, 0.2) is 36.7 Å². The predicted molar refractivity (Wildman–Crippen MR) is 66.0 cm³/mol. The van der Waals surface area contributed by atoms with Crippen molar-refractivity contribution in [2.75, 3.05) is 7.11 Å². The number of methoxy groups -OCH3 is 1. The van der Waals surface area contributed by atoms with Crippen LogP contribution < -0.4 is 4.74 Å². The quantitative estimate of drug-likeness (QED) is 0.906. The van der Waals surface area contributed by atoms with Crippen molar-refractivity contribution in [1.29, 1.82) is 0 Å². The number of rotatable bonds is 3. The molecule has 0 bridgehead atoms. The van der Waals surface area contributed by atoms with E-state index in [0.29, 0.717) is 16.9 Å². The number of aromatic nitrogens is 1. The molecule has 2 rings (SSSR count). The SMILES string of the molecule is COc1cncc(C(O)c2cc(F)ccc2C)c1. The van der Waals surface area contributed by atoms with Gasteiger partial charge in [0.15, 0.2) is 0 Å². The maximum atomic E-state index is 13.2. The summed E-state index contributed by atoms with van der Waals surface area (Å²) in [4.78, 5) is 3.98. The third-order valence-electron chi connectivity index (χ3n) is 2.82. The Morgan fingerprint density at radius 1 is 1.28 bits per heavy atom. The van der Waals surface area contributed by atoms with Crippen LogP contribution in [-0.2, 0) is 0 Å². The Labute approximate surface area is 105 Å². The Hall–Kier alpha value is -1.94. The molecule has 0 spiro atoms. The Bertz CT molecular complexity index is 557. The molecule has 1 N–H and O–H groups in total. The summed E-state index contributed by atoms with van der Waals surface area (Å²) in [5, 5.41) is 10.3. The van der Waals surface area contributed by atoms with E-state index in [2.05, 4.69) is 4.98 Å². The number of ether oxygens (including phenoxy) is 1. The van der Waals surface area contributed by atoms with E-state index in [9.17, 15) is 9.50 Å². The maximum Gasteiger partial charge on any atom is 0.137 e. The molecule has 2 aromatic rings. The molecule has 1 aromatic heterocycles. The predicted octanol–water partition coefficient (Wildman–Crippen LogP) is 2.62. The molecule has 0 saturated heterocycles. The first-order valence-corrected chi connectivity index (χ1v) is 5.55. The van der Waals surface area contributed by atoms with Crippen molar-refractivity contribution in [1.82, 2.24) is 4.98 Å². The normalized spacial score (nSPS) is 12.2. The fraction of sp³-hybridized carbons (Fsp3) is 0.214. The molecule has 0 fully saturated rings. The van der Waals surface area contributed by atoms with Crippen LogP contribution in [0.3, 0.4) is 0 Å². The third kappa shape index (κ3) is 2.49. The Balaban J connectivity index is 2.40. The minimum Gasteiger partial charge on any atom is -0.495 e. The minimum atomic E-state index is -0.914. The van der Waals surface area contributed by atoms with E-state index in [1.54, 1.807) is 18.3 Å². The molecule has 4 heteroatoms. The number of aliphatic hydroxyl groups excluding tert-OH is 1. The molecule has 0 aliphatic heterocycles. The minimum absolute atomic E-state index is 0.370. The van der Waals surface area contributed by atoms with Crippen LogP contribution in [0.25, 0.3) is 0 Å². The van der Waals surface area contributed by atoms with Gasteiger partial charge in [0.1, 0.15) is 17.7 Å². The van der Waals surface area contributed by atoms with Gasteiger partial charge in [0.25, 0.3) is 0 Å². The number of halogens is 1. The standard InChI is InChI=1S/C14H14FNO2/c1-9-3-4-11(15)6-13(9)14(17)10-5-12(18-2)8-16-7-10/h3-8,14,17H,1-2H3. The van der Waals surface area contributed by atoms with Crippen LogP contribution in [0.5, 0.6) is 5.75 Å². The van der Waals surface area contributed by atoms with Crippen LogP contribution in [0.2, 0.25) is 0 Å². The van der Waals surface area contributed by atoms with E-state index >= 15 is 0 Å². The van der Waals surface area contributed by atoms with E-state index in [-0.39, 0.29) is 5.82 Å². The molecule has 0 radical (unpaired) electrons. The highest BCUT2D eigenvalue weighted by Crippen LogP contribution is 2.26. The van der Waals surface area contributed by atoms with Gasteiger partial charge in [0.05, 0.1) is 13.3 Å². The average Bonchev–Trinajstić information content (AvgIpc) is 2.41. The molecular weight excluding hydrogens is 233 g/mol. The number of hydrogen-bond acceptors (Lipinski definition) is 3. The Kier molecular flexibility index (Phi) is 3.58. The summed E-state index contributed by atoms with van der Waals surface area (Å²) in [7, 11) is 1.53. The molecule has 1 unspecified atom stereocenters. The van der Waals surface area contributed by atoms with Crippen molar-refractivity contribution in [2.24, 2.45) is 0 Å². The summed E-state index contributed by atoms with van der Waals surface area (Å²) >= 11 is 0. The van der Waals surface area contributed by atoms with Gasteiger partial charge in [-0.3, -0.25) is 4.98 Å². The van der Waals surface area contributed by atoms with Crippen LogP contribution in [0.4, 0.5) is 4.39 Å². The number of aryl methyl sites for hydroxylation is 1. The van der Waals surface area contributed by atoms with Crippen molar-refractivity contribution < 1.29 is 14.2 Å². The molecule has 94 valence electrons. The van der Waals surface area contributed by atoms with E-state index in [1.165, 1.54) is 25.4 Å². The van der Waals surface area contributed by atoms with Crippen molar-refractivity contribution >= 4 is 0 Å². The third-order valence-corrected chi connectivity index (χ3v) is 2.82. The molecule has 0 amide bonds. The zero-order chi connectivity index (χ0) is 13.1. The molecule has 0 saturated carbocycles. The lowest BCUT2D eigenvalue weighted by atomic mass is 9.98. The van der Waals surface area contributed by atoms with E-state index in [1.807, 2.05) is 6.92 Å². The second-order valence-corrected chi connectivity index (χ2v) is 4.06. The molecule has 1 aromatic carbocycles. The van der Waals surface area contributed by atoms with Crippen LogP contribution in [0.1, 0.15) is 22.8 Å². The van der Waals surface area contributed by atoms with Crippen molar-refractivity contribution in [3.05, 3.63) is 59.2 Å². The summed E-state index contributed by atoms with van der Waals surface area (Å²) < 4.78 is 18.3. The largest absolute Gasteiger partial charge is 0.495 e. The summed E-state index contributed by atoms with van der Waals surface area (Å²) in [6.45, 7) is 1.82. The lowest BCUT2D eigenvalue weighted by molar-refractivity contribution is 0.218. The number of aliphatic hydroxyl groups is 1. The zero-order valence-electron chi connectivity index (χ0n) is 10.2. The average molecular weight is 247 g/mol. The van der Waals surface area contributed by atoms with Crippen molar-refractivity contribution in [3.63, 3.8) is 0 Å². The highest BCUT2D eigenvalue weighted by atomic mass is 19.1. The second-order valence-electron chi connectivity index (χ2n) is 4.06. The lowest BCUT2D eigenvalue weighted by Crippen LogP contribution is -2.03. The summed E-state index contributed by atoms with van der Waals surface area (Å²) in [6.07, 6.45) is 2.18. The molecule has 18 heavy (non-hydrogen) atoms. The number of hydrogen-bond donors (Lipinski definition) is 1. The van der Waals surface area contributed by atoms with E-state index in [0.717, 1.165) is 5.56 Å². The highest BCUT2D eigenvalue weighted by molar-refractivity contribution is 5.36. The summed E-state index contributed by atoms with van der Waals surface area (Å²) in [5.41, 5.74) is 1.93. The van der Waals surface area contributed by atoms with Gasteiger partial charge in [0.2, 0.25) is 0 Å². The van der Waals surface area contributed by atoms with Crippen molar-refractivity contribution in [3.8, 4) is 5.75 Å². The number of benzene rings is 1. The topological polar surface area (TPSA) is 42.4 Å². The highest BCUT2D eigenvalue weighted by Gasteiger charge is 2.14. The first-order chi connectivity index (χ1) is 8.61. The number of pyridine rings is 1. The van der Waals surface area contributed by atoms with E-state index in [4.69, 9.17) is 4.74 Å². The van der Waals surface area contributed by atoms with Gasteiger partial charge < -0.3 is 9.84 Å². The van der Waals surface area contributed by atoms with Gasteiger partial charge in [-0.25, -0.2) is 4.39 Å². The molecule has 0 aliphatic carbocycles. The first-order valence-electron chi connectivity index (χ1n) is 5.55. The Morgan fingerprint density at radius 3 is 2.78 bits per heavy atom. The van der Waals surface area contributed by atoms with Crippen LogP contribution in [0, 0.1) is 12.7 Å². The molecule has 0 aliphatic rings. The van der Waals surface area contributed by atoms with Crippen molar-refractivity contribution in [2.45, 2.75) is 13.0 Å². The van der Waals surface area contributed by atoms with Gasteiger partial charge in [-0.2, -0.15) is 0 Å². The van der Waals surface area contributed by atoms with Gasteiger partial charge in [-0.05, 0) is 36.2 Å². The summed E-state index contributed by atoms with van der Waals surface area (Å²) in [5.74, 6) is 0.186. The van der Waals surface area contributed by atoms with E-state index < -0.39 is 6.10 Å². The van der Waals surface area contributed by atoms with Crippen LogP contribution in [-0.4, -0.2) is 17.2 Å². The molecular formula is C14H14FNO2. The molecule has 3 nitrogen and oxygen atoms in total. The van der Waals surface area contributed by atoms with Gasteiger partial charge >= 0.3 is 0 Å². The molecule has 1 atom stereocenters. The smallest absolute Gasteiger partial charge is 0.137 e. The summed E-state index contributed by atoms with van der Waals surface area (Å²) in [6, 6.07) is 6.03. The maximum absolute atomic E-state index is 13.2. The molecule has 1 heterocycles. The monoisotopic (exact) mass is 247 g/mol. The van der Waals surface area contributed by atoms with Gasteiger partial charge in [0, 0.05) is 11.8 Å². The second kappa shape index (κ2) is 5.14. The Morgan fingerprint density at radius 2 is 2.06 bits per heavy atom. The lowest BCUT2D eigenvalue weighted by Gasteiger charge is -2.14.